The second-order valence-electron chi connectivity index (χ2n) is 7.48. The van der Waals surface area contributed by atoms with Crippen molar-refractivity contribution < 1.29 is 4.79 Å². The van der Waals surface area contributed by atoms with Gasteiger partial charge in [-0.05, 0) is 52.0 Å². The Morgan fingerprint density at radius 2 is 2.00 bits per heavy atom. The van der Waals surface area contributed by atoms with Crippen molar-refractivity contribution in [2.75, 3.05) is 0 Å². The number of amides is 1. The van der Waals surface area contributed by atoms with Gasteiger partial charge < -0.3 is 5.32 Å². The summed E-state index contributed by atoms with van der Waals surface area (Å²) in [7, 11) is 0. The molecule has 4 aromatic heterocycles. The molecular formula is C22H23N7O2S. The first-order chi connectivity index (χ1) is 15.3. The maximum atomic E-state index is 12.8. The van der Waals surface area contributed by atoms with Crippen LogP contribution in [0.4, 0.5) is 0 Å². The predicted molar refractivity (Wildman–Crippen MR) is 122 cm³/mol. The zero-order valence-corrected chi connectivity index (χ0v) is 19.1. The third-order valence-corrected chi connectivity index (χ3v) is 6.21. The molecule has 0 fully saturated rings. The Morgan fingerprint density at radius 1 is 1.19 bits per heavy atom. The molecule has 0 saturated carbocycles. The summed E-state index contributed by atoms with van der Waals surface area (Å²) in [5.74, 6) is 0.176. The molecule has 1 N–H and O–H groups in total. The number of nitrogens with one attached hydrogen (secondary N) is 1. The lowest BCUT2D eigenvalue weighted by Gasteiger charge is -2.15. The molecule has 1 atom stereocenters. The summed E-state index contributed by atoms with van der Waals surface area (Å²) >= 11 is 1.51. The van der Waals surface area contributed by atoms with Crippen LogP contribution in [0.1, 0.15) is 34.9 Å². The van der Waals surface area contributed by atoms with Crippen molar-refractivity contribution in [3.05, 3.63) is 75.0 Å². The largest absolute Gasteiger partial charge is 0.349 e. The highest BCUT2D eigenvalue weighted by molar-refractivity contribution is 7.15. The van der Waals surface area contributed by atoms with E-state index < -0.39 is 6.04 Å². The molecule has 0 aliphatic rings. The maximum Gasteiger partial charge on any atom is 0.267 e. The molecule has 1 amide bonds. The molecule has 0 saturated heterocycles. The molecular weight excluding hydrogens is 426 g/mol. The molecule has 0 aliphatic heterocycles. The van der Waals surface area contributed by atoms with Gasteiger partial charge in [-0.15, -0.1) is 16.4 Å². The van der Waals surface area contributed by atoms with Crippen molar-refractivity contribution in [3.8, 4) is 16.4 Å². The monoisotopic (exact) mass is 449 g/mol. The van der Waals surface area contributed by atoms with Crippen LogP contribution in [-0.4, -0.2) is 35.4 Å². The van der Waals surface area contributed by atoms with Gasteiger partial charge in [-0.1, -0.05) is 0 Å². The van der Waals surface area contributed by atoms with Gasteiger partial charge >= 0.3 is 0 Å². The fourth-order valence-electron chi connectivity index (χ4n) is 3.30. The molecule has 0 aliphatic carbocycles. The van der Waals surface area contributed by atoms with Crippen molar-refractivity contribution in [2.45, 2.75) is 40.3 Å². The maximum absolute atomic E-state index is 12.8. The van der Waals surface area contributed by atoms with Gasteiger partial charge in [-0.3, -0.25) is 14.6 Å². The molecule has 4 rings (SSSR count). The molecule has 32 heavy (non-hydrogen) atoms. The lowest BCUT2D eigenvalue weighted by molar-refractivity contribution is -0.124. The number of nitrogens with zero attached hydrogens (tertiary/aromatic N) is 6. The third-order valence-electron chi connectivity index (χ3n) is 5.01. The second-order valence-corrected chi connectivity index (χ2v) is 8.56. The highest BCUT2D eigenvalue weighted by Crippen LogP contribution is 2.27. The summed E-state index contributed by atoms with van der Waals surface area (Å²) in [6, 6.07) is 7.94. The van der Waals surface area contributed by atoms with E-state index in [0.29, 0.717) is 12.4 Å². The van der Waals surface area contributed by atoms with Crippen LogP contribution in [0.5, 0.6) is 0 Å². The van der Waals surface area contributed by atoms with Gasteiger partial charge in [0, 0.05) is 34.6 Å². The van der Waals surface area contributed by atoms with Gasteiger partial charge in [-0.2, -0.15) is 5.10 Å². The van der Waals surface area contributed by atoms with Crippen LogP contribution < -0.4 is 10.9 Å². The molecule has 0 spiro atoms. The van der Waals surface area contributed by atoms with E-state index in [-0.39, 0.29) is 11.5 Å². The van der Waals surface area contributed by atoms with Crippen molar-refractivity contribution >= 4 is 17.2 Å². The molecule has 4 heterocycles. The van der Waals surface area contributed by atoms with Crippen LogP contribution in [0.2, 0.25) is 0 Å². The van der Waals surface area contributed by atoms with E-state index in [1.54, 1.807) is 30.1 Å². The summed E-state index contributed by atoms with van der Waals surface area (Å²) in [5, 5.41) is 12.5. The lowest BCUT2D eigenvalue weighted by Crippen LogP contribution is -2.37. The summed E-state index contributed by atoms with van der Waals surface area (Å²) < 4.78 is 2.83. The minimum Gasteiger partial charge on any atom is -0.349 e. The minimum atomic E-state index is -0.787. The predicted octanol–water partition coefficient (Wildman–Crippen LogP) is 2.75. The summed E-state index contributed by atoms with van der Waals surface area (Å²) in [6.07, 6.45) is 3.48. The summed E-state index contributed by atoms with van der Waals surface area (Å²) in [4.78, 5) is 34.9. The van der Waals surface area contributed by atoms with Crippen molar-refractivity contribution in [3.63, 3.8) is 0 Å². The molecule has 0 radical (unpaired) electrons. The van der Waals surface area contributed by atoms with Crippen LogP contribution >= 0.6 is 11.3 Å². The van der Waals surface area contributed by atoms with Crippen molar-refractivity contribution in [1.82, 2.24) is 34.8 Å². The molecule has 9 nitrogen and oxygen atoms in total. The average Bonchev–Trinajstić information content (AvgIpc) is 3.33. The zero-order valence-electron chi connectivity index (χ0n) is 18.2. The van der Waals surface area contributed by atoms with Gasteiger partial charge in [0.25, 0.3) is 5.56 Å². The number of carbonyl (C=O) groups is 1. The Hall–Kier alpha value is -3.66. The Balaban J connectivity index is 1.50. The molecule has 4 aromatic rings. The number of rotatable bonds is 6. The van der Waals surface area contributed by atoms with Gasteiger partial charge in [-0.25, -0.2) is 14.3 Å². The Morgan fingerprint density at radius 3 is 2.69 bits per heavy atom. The minimum absolute atomic E-state index is 0.305. The number of pyridine rings is 1. The fraction of sp³-hybridized carbons (Fsp3) is 0.273. The molecule has 1 unspecified atom stereocenters. The van der Waals surface area contributed by atoms with E-state index in [1.165, 1.54) is 22.1 Å². The van der Waals surface area contributed by atoms with Crippen LogP contribution in [0.25, 0.3) is 16.4 Å². The van der Waals surface area contributed by atoms with E-state index in [0.717, 1.165) is 32.5 Å². The van der Waals surface area contributed by atoms with E-state index in [1.807, 2.05) is 39.0 Å². The number of aromatic nitrogens is 6. The summed E-state index contributed by atoms with van der Waals surface area (Å²) in [6.45, 7) is 7.67. The van der Waals surface area contributed by atoms with Crippen LogP contribution in [0, 0.1) is 20.8 Å². The SMILES string of the molecule is Cc1cc(C)n(-c2ccc(=O)n(C(C)C(=O)NCc3sc(-c4cccnc4)nc3C)n2)n1. The number of thiazole rings is 1. The quantitative estimate of drug-likeness (QED) is 0.485. The molecule has 0 bridgehead atoms. The Labute approximate surface area is 188 Å². The molecule has 0 aromatic carbocycles. The van der Waals surface area contributed by atoms with E-state index in [9.17, 15) is 9.59 Å². The van der Waals surface area contributed by atoms with Crippen LogP contribution in [-0.2, 0) is 11.3 Å². The van der Waals surface area contributed by atoms with E-state index in [4.69, 9.17) is 0 Å². The normalized spacial score (nSPS) is 12.0. The van der Waals surface area contributed by atoms with Gasteiger partial charge in [0.2, 0.25) is 5.91 Å². The molecule has 10 heteroatoms. The standard InChI is InChI=1S/C22H23N7O2S/c1-13-10-14(2)28(26-13)19-7-8-20(30)29(27-19)16(4)21(31)24-12-18-15(3)25-22(32-18)17-6-5-9-23-11-17/h5-11,16H,12H2,1-4H3,(H,24,31). The number of hydrogen-bond donors (Lipinski definition) is 1. The average molecular weight is 450 g/mol. The second kappa shape index (κ2) is 8.83. The topological polar surface area (TPSA) is 108 Å². The number of aryl methyl sites for hydroxylation is 3. The van der Waals surface area contributed by atoms with E-state index >= 15 is 0 Å². The Kier molecular flexibility index (Phi) is 5.95. The Bertz CT molecular complexity index is 1320. The van der Waals surface area contributed by atoms with Crippen LogP contribution in [0.3, 0.4) is 0 Å². The van der Waals surface area contributed by atoms with Crippen LogP contribution in [0.15, 0.2) is 47.5 Å². The van der Waals surface area contributed by atoms with Gasteiger partial charge in [0.05, 0.1) is 17.9 Å². The highest BCUT2D eigenvalue weighted by atomic mass is 32.1. The zero-order chi connectivity index (χ0) is 22.8. The highest BCUT2D eigenvalue weighted by Gasteiger charge is 2.19. The third kappa shape index (κ3) is 4.35. The van der Waals surface area contributed by atoms with E-state index in [2.05, 4.69) is 25.5 Å². The smallest absolute Gasteiger partial charge is 0.267 e. The first-order valence-corrected chi connectivity index (χ1v) is 10.9. The molecule has 164 valence electrons. The van der Waals surface area contributed by atoms with Gasteiger partial charge in [0.1, 0.15) is 11.0 Å². The summed E-state index contributed by atoms with van der Waals surface area (Å²) in [5.41, 5.74) is 3.17. The fourth-order valence-corrected chi connectivity index (χ4v) is 4.29. The van der Waals surface area contributed by atoms with Gasteiger partial charge in [0.15, 0.2) is 5.82 Å². The number of carbonyl (C=O) groups excluding carboxylic acids is 1. The van der Waals surface area contributed by atoms with Crippen molar-refractivity contribution in [2.24, 2.45) is 0 Å². The first kappa shape index (κ1) is 21.6. The number of hydrogen-bond acceptors (Lipinski definition) is 7. The first-order valence-electron chi connectivity index (χ1n) is 10.1. The van der Waals surface area contributed by atoms with Crippen molar-refractivity contribution in [1.29, 1.82) is 0 Å². The lowest BCUT2D eigenvalue weighted by atomic mass is 10.3.